The molecule has 1 aliphatic carbocycles. The van der Waals surface area contributed by atoms with Gasteiger partial charge in [-0.15, -0.1) is 11.3 Å². The quantitative estimate of drug-likeness (QED) is 0.858. The molecule has 1 aliphatic rings. The monoisotopic (exact) mass is 275 g/mol. The van der Waals surface area contributed by atoms with E-state index in [0.29, 0.717) is 5.92 Å². The molecule has 1 fully saturated rings. The lowest BCUT2D eigenvalue weighted by atomic mass is 10.1. The molecule has 0 aliphatic heterocycles. The summed E-state index contributed by atoms with van der Waals surface area (Å²) in [6, 6.07) is 7.92. The number of benzene rings is 1. The van der Waals surface area contributed by atoms with Crippen molar-refractivity contribution in [1.82, 2.24) is 4.98 Å². The SMILES string of the molecule is Cc1cccc(-c2sc(C3CC3)nc2OC(=O)O)c1. The zero-order valence-corrected chi connectivity index (χ0v) is 11.2. The minimum absolute atomic E-state index is 0.213. The van der Waals surface area contributed by atoms with Crippen molar-refractivity contribution < 1.29 is 14.6 Å². The van der Waals surface area contributed by atoms with Crippen molar-refractivity contribution in [2.45, 2.75) is 25.7 Å². The molecule has 98 valence electrons. The van der Waals surface area contributed by atoms with E-state index in [1.165, 1.54) is 11.3 Å². The molecule has 4 nitrogen and oxygen atoms in total. The van der Waals surface area contributed by atoms with Crippen LogP contribution in [0.15, 0.2) is 24.3 Å². The van der Waals surface area contributed by atoms with Crippen LogP contribution in [-0.2, 0) is 0 Å². The maximum Gasteiger partial charge on any atom is 0.512 e. The Morgan fingerprint density at radius 1 is 1.47 bits per heavy atom. The third-order valence-electron chi connectivity index (χ3n) is 3.00. The molecule has 5 heteroatoms. The van der Waals surface area contributed by atoms with E-state index in [1.807, 2.05) is 31.2 Å². The largest absolute Gasteiger partial charge is 0.512 e. The summed E-state index contributed by atoms with van der Waals surface area (Å²) >= 11 is 1.53. The molecule has 2 aromatic rings. The Morgan fingerprint density at radius 2 is 2.26 bits per heavy atom. The highest BCUT2D eigenvalue weighted by molar-refractivity contribution is 7.15. The van der Waals surface area contributed by atoms with Crippen LogP contribution in [0, 0.1) is 6.92 Å². The van der Waals surface area contributed by atoms with Gasteiger partial charge in [0.15, 0.2) is 0 Å². The first kappa shape index (κ1) is 12.2. The first-order chi connectivity index (χ1) is 9.13. The number of hydrogen-bond donors (Lipinski definition) is 1. The second-order valence-electron chi connectivity index (χ2n) is 4.70. The molecule has 1 aromatic carbocycles. The first-order valence-corrected chi connectivity index (χ1v) is 6.93. The fourth-order valence-corrected chi connectivity index (χ4v) is 3.11. The van der Waals surface area contributed by atoms with Gasteiger partial charge in [-0.25, -0.2) is 9.78 Å². The normalized spacial score (nSPS) is 14.4. The average molecular weight is 275 g/mol. The number of rotatable bonds is 3. The number of ether oxygens (including phenoxy) is 1. The lowest BCUT2D eigenvalue weighted by molar-refractivity contribution is 0.143. The fraction of sp³-hybridized carbons (Fsp3) is 0.286. The first-order valence-electron chi connectivity index (χ1n) is 6.12. The van der Waals surface area contributed by atoms with Gasteiger partial charge in [-0.05, 0) is 25.3 Å². The number of carbonyl (C=O) groups is 1. The fourth-order valence-electron chi connectivity index (χ4n) is 1.95. The zero-order chi connectivity index (χ0) is 13.4. The summed E-state index contributed by atoms with van der Waals surface area (Å²) in [5.74, 6) is 0.699. The molecule has 0 spiro atoms. The summed E-state index contributed by atoms with van der Waals surface area (Å²) in [5, 5.41) is 9.78. The summed E-state index contributed by atoms with van der Waals surface area (Å²) in [7, 11) is 0. The molecule has 3 rings (SSSR count). The van der Waals surface area contributed by atoms with Crippen molar-refractivity contribution in [2.24, 2.45) is 0 Å². The topological polar surface area (TPSA) is 59.4 Å². The highest BCUT2D eigenvalue weighted by Crippen LogP contribution is 2.47. The van der Waals surface area contributed by atoms with Crippen molar-refractivity contribution >= 4 is 17.5 Å². The van der Waals surface area contributed by atoms with Gasteiger partial charge in [0.2, 0.25) is 5.88 Å². The second kappa shape index (κ2) is 4.66. The summed E-state index contributed by atoms with van der Waals surface area (Å²) in [4.78, 5) is 15.9. The third kappa shape index (κ3) is 2.61. The Balaban J connectivity index is 2.04. The molecule has 0 saturated heterocycles. The average Bonchev–Trinajstić information content (AvgIpc) is 3.11. The van der Waals surface area contributed by atoms with E-state index in [0.717, 1.165) is 33.9 Å². The minimum Gasteiger partial charge on any atom is -0.449 e. The van der Waals surface area contributed by atoms with Crippen LogP contribution in [0.4, 0.5) is 4.79 Å². The van der Waals surface area contributed by atoms with Gasteiger partial charge in [0.05, 0.1) is 4.88 Å². The number of thiazole rings is 1. The van der Waals surface area contributed by atoms with Crippen molar-refractivity contribution in [3.8, 4) is 16.3 Å². The lowest BCUT2D eigenvalue weighted by Gasteiger charge is -2.01. The Morgan fingerprint density at radius 3 is 2.89 bits per heavy atom. The third-order valence-corrected chi connectivity index (χ3v) is 4.25. The summed E-state index contributed by atoms with van der Waals surface area (Å²) in [6.45, 7) is 2.00. The number of nitrogens with zero attached hydrogens (tertiary/aromatic N) is 1. The van der Waals surface area contributed by atoms with Gasteiger partial charge in [0, 0.05) is 5.92 Å². The Kier molecular flexibility index (Phi) is 2.98. The van der Waals surface area contributed by atoms with Gasteiger partial charge >= 0.3 is 6.16 Å². The molecule has 1 heterocycles. The minimum atomic E-state index is -1.32. The van der Waals surface area contributed by atoms with Crippen LogP contribution >= 0.6 is 11.3 Å². The standard InChI is InChI=1S/C14H13NO3S/c1-8-3-2-4-10(7-8)11-12(18-14(16)17)15-13(19-11)9-5-6-9/h2-4,7,9H,5-6H2,1H3,(H,16,17). The highest BCUT2D eigenvalue weighted by atomic mass is 32.1. The van der Waals surface area contributed by atoms with Gasteiger partial charge in [0.1, 0.15) is 5.01 Å². The number of aryl methyl sites for hydroxylation is 1. The van der Waals surface area contributed by atoms with Gasteiger partial charge in [-0.2, -0.15) is 0 Å². The molecule has 1 aromatic heterocycles. The van der Waals surface area contributed by atoms with Crippen LogP contribution in [0.5, 0.6) is 5.88 Å². The molecule has 0 amide bonds. The summed E-state index contributed by atoms with van der Waals surface area (Å²) in [5.41, 5.74) is 2.08. The second-order valence-corrected chi connectivity index (χ2v) is 5.73. The molecule has 0 bridgehead atoms. The predicted molar refractivity (Wildman–Crippen MR) is 72.9 cm³/mol. The highest BCUT2D eigenvalue weighted by Gasteiger charge is 2.29. The summed E-state index contributed by atoms with van der Waals surface area (Å²) < 4.78 is 4.81. The smallest absolute Gasteiger partial charge is 0.449 e. The molecule has 1 N–H and O–H groups in total. The van der Waals surface area contributed by atoms with Crippen LogP contribution < -0.4 is 4.74 Å². The van der Waals surface area contributed by atoms with Crippen LogP contribution in [0.2, 0.25) is 0 Å². The lowest BCUT2D eigenvalue weighted by Crippen LogP contribution is -2.04. The van der Waals surface area contributed by atoms with Crippen LogP contribution in [0.25, 0.3) is 10.4 Å². The maximum atomic E-state index is 10.8. The van der Waals surface area contributed by atoms with Crippen LogP contribution in [-0.4, -0.2) is 16.2 Å². The molecule has 0 radical (unpaired) electrons. The Hall–Kier alpha value is -1.88. The van der Waals surface area contributed by atoms with Crippen molar-refractivity contribution in [2.75, 3.05) is 0 Å². The molecule has 1 saturated carbocycles. The van der Waals surface area contributed by atoms with E-state index in [-0.39, 0.29) is 5.88 Å². The van der Waals surface area contributed by atoms with Crippen LogP contribution in [0.3, 0.4) is 0 Å². The molecule has 19 heavy (non-hydrogen) atoms. The molecule has 0 unspecified atom stereocenters. The van der Waals surface area contributed by atoms with Gasteiger partial charge in [0.25, 0.3) is 0 Å². The van der Waals surface area contributed by atoms with E-state index < -0.39 is 6.16 Å². The summed E-state index contributed by atoms with van der Waals surface area (Å²) in [6.07, 6.45) is 0.946. The van der Waals surface area contributed by atoms with Gasteiger partial charge in [-0.3, -0.25) is 0 Å². The van der Waals surface area contributed by atoms with E-state index in [4.69, 9.17) is 9.84 Å². The van der Waals surface area contributed by atoms with E-state index in [2.05, 4.69) is 4.98 Å². The van der Waals surface area contributed by atoms with Crippen molar-refractivity contribution in [1.29, 1.82) is 0 Å². The Bertz CT molecular complexity index is 631. The molecular formula is C14H13NO3S. The number of carboxylic acid groups (broad SMARTS) is 1. The van der Waals surface area contributed by atoms with Crippen molar-refractivity contribution in [3.63, 3.8) is 0 Å². The van der Waals surface area contributed by atoms with Crippen molar-refractivity contribution in [3.05, 3.63) is 34.8 Å². The Labute approximate surface area is 114 Å². The number of hydrogen-bond acceptors (Lipinski definition) is 4. The number of aromatic nitrogens is 1. The molecule has 0 atom stereocenters. The predicted octanol–water partition coefficient (Wildman–Crippen LogP) is 4.05. The van der Waals surface area contributed by atoms with E-state index in [9.17, 15) is 4.79 Å². The van der Waals surface area contributed by atoms with Crippen LogP contribution in [0.1, 0.15) is 29.3 Å². The zero-order valence-electron chi connectivity index (χ0n) is 10.4. The molecular weight excluding hydrogens is 262 g/mol. The van der Waals surface area contributed by atoms with Gasteiger partial charge in [-0.1, -0.05) is 29.8 Å². The van der Waals surface area contributed by atoms with Gasteiger partial charge < -0.3 is 9.84 Å². The maximum absolute atomic E-state index is 10.8. The van der Waals surface area contributed by atoms with E-state index in [1.54, 1.807) is 0 Å². The van der Waals surface area contributed by atoms with E-state index >= 15 is 0 Å².